The second-order valence-corrected chi connectivity index (χ2v) is 7.91. The van der Waals surface area contributed by atoms with E-state index in [1.165, 1.54) is 18.4 Å². The topological polar surface area (TPSA) is 106 Å². The molecule has 0 bridgehead atoms. The van der Waals surface area contributed by atoms with Crippen molar-refractivity contribution >= 4 is 23.4 Å². The summed E-state index contributed by atoms with van der Waals surface area (Å²) in [5, 5.41) is 12.2. The normalized spacial score (nSPS) is 19.4. The molecule has 3 amide bonds. The summed E-state index contributed by atoms with van der Waals surface area (Å²) in [5.74, 6) is 0.0714. The van der Waals surface area contributed by atoms with Crippen molar-refractivity contribution < 1.29 is 23.9 Å². The molecule has 2 aliphatic rings. The third kappa shape index (κ3) is 5.05. The first-order valence-electron chi connectivity index (χ1n) is 10.4. The zero-order valence-corrected chi connectivity index (χ0v) is 17.2. The Morgan fingerprint density at radius 2 is 1.71 bits per heavy atom. The lowest BCUT2D eigenvalue weighted by molar-refractivity contribution is -0.134. The molecular formula is C22H26N4O5. The smallest absolute Gasteiger partial charge is 0.289 e. The summed E-state index contributed by atoms with van der Waals surface area (Å²) in [7, 11) is 0. The molecule has 31 heavy (non-hydrogen) atoms. The van der Waals surface area contributed by atoms with Gasteiger partial charge < -0.3 is 24.6 Å². The second-order valence-electron chi connectivity index (χ2n) is 7.91. The Balaban J connectivity index is 1.21. The van der Waals surface area contributed by atoms with E-state index >= 15 is 0 Å². The summed E-state index contributed by atoms with van der Waals surface area (Å²) in [6.45, 7) is 3.43. The lowest BCUT2D eigenvalue weighted by Gasteiger charge is -2.35. The van der Waals surface area contributed by atoms with E-state index in [0.29, 0.717) is 57.1 Å². The quantitative estimate of drug-likeness (QED) is 0.697. The first kappa shape index (κ1) is 20.9. The van der Waals surface area contributed by atoms with Gasteiger partial charge in [0, 0.05) is 38.4 Å². The highest BCUT2D eigenvalue weighted by Crippen LogP contribution is 2.20. The Labute approximate surface area is 180 Å². The number of nitrogens with zero attached hydrogens (tertiary/aromatic N) is 3. The van der Waals surface area contributed by atoms with Gasteiger partial charge in [0.1, 0.15) is 5.75 Å². The van der Waals surface area contributed by atoms with E-state index in [4.69, 9.17) is 4.42 Å². The van der Waals surface area contributed by atoms with Crippen LogP contribution in [0.15, 0.2) is 47.1 Å². The number of hydrogen-bond donors (Lipinski definition) is 2. The molecule has 9 heteroatoms. The summed E-state index contributed by atoms with van der Waals surface area (Å²) < 4.78 is 5.16. The molecule has 2 saturated heterocycles. The fourth-order valence-electron chi connectivity index (χ4n) is 3.99. The van der Waals surface area contributed by atoms with Crippen LogP contribution in [0.1, 0.15) is 17.0 Å². The fourth-order valence-corrected chi connectivity index (χ4v) is 3.99. The van der Waals surface area contributed by atoms with Crippen molar-refractivity contribution in [1.29, 1.82) is 0 Å². The number of carbonyl (C=O) groups excluding carboxylic acids is 3. The van der Waals surface area contributed by atoms with E-state index in [-0.39, 0.29) is 35.9 Å². The predicted molar refractivity (Wildman–Crippen MR) is 112 cm³/mol. The van der Waals surface area contributed by atoms with E-state index in [1.807, 2.05) is 4.90 Å². The predicted octanol–water partition coefficient (Wildman–Crippen LogP) is 1.23. The third-order valence-electron chi connectivity index (χ3n) is 5.79. The molecule has 2 aliphatic heterocycles. The minimum absolute atomic E-state index is 0.0182. The minimum atomic E-state index is -0.177. The lowest BCUT2D eigenvalue weighted by atomic mass is 10.1. The molecule has 0 radical (unpaired) electrons. The van der Waals surface area contributed by atoms with Crippen LogP contribution in [0, 0.1) is 5.92 Å². The van der Waals surface area contributed by atoms with Gasteiger partial charge in [0.2, 0.25) is 11.8 Å². The number of amides is 3. The highest BCUT2D eigenvalue weighted by Gasteiger charge is 2.31. The van der Waals surface area contributed by atoms with E-state index in [0.717, 1.165) is 0 Å². The highest BCUT2D eigenvalue weighted by atomic mass is 16.3. The van der Waals surface area contributed by atoms with Crippen LogP contribution in [0.25, 0.3) is 0 Å². The van der Waals surface area contributed by atoms with Crippen LogP contribution >= 0.6 is 0 Å². The van der Waals surface area contributed by atoms with E-state index in [9.17, 15) is 19.5 Å². The molecule has 9 nitrogen and oxygen atoms in total. The van der Waals surface area contributed by atoms with Gasteiger partial charge in [-0.2, -0.15) is 0 Å². The number of furan rings is 1. The Kier molecular flexibility index (Phi) is 6.22. The maximum absolute atomic E-state index is 12.7. The molecule has 0 spiro atoms. The molecule has 1 atom stereocenters. The first-order chi connectivity index (χ1) is 15.0. The number of phenolic OH excluding ortho intramolecular Hbond substituents is 1. The number of aromatic hydroxyl groups is 1. The molecule has 164 valence electrons. The number of benzene rings is 1. The van der Waals surface area contributed by atoms with Crippen molar-refractivity contribution in [3.8, 4) is 5.75 Å². The van der Waals surface area contributed by atoms with Crippen LogP contribution in [0.4, 0.5) is 5.69 Å². The van der Waals surface area contributed by atoms with E-state index < -0.39 is 0 Å². The molecule has 0 aliphatic carbocycles. The molecule has 1 unspecified atom stereocenters. The van der Waals surface area contributed by atoms with E-state index in [2.05, 4.69) is 5.32 Å². The number of hydrogen-bond acceptors (Lipinski definition) is 6. The van der Waals surface area contributed by atoms with Crippen molar-refractivity contribution in [2.45, 2.75) is 6.42 Å². The van der Waals surface area contributed by atoms with Gasteiger partial charge in [-0.3, -0.25) is 19.3 Å². The summed E-state index contributed by atoms with van der Waals surface area (Å²) in [6.07, 6.45) is 2.17. The largest absolute Gasteiger partial charge is 0.508 e. The standard InChI is InChI=1S/C22H26N4O5/c27-18-5-3-17(4-6-18)23-21(29)16-7-8-24(14-16)15-20(28)25-9-11-26(12-10-25)22(30)19-2-1-13-31-19/h1-6,13,16,27H,7-12,14-15H2,(H,23,29). The van der Waals surface area contributed by atoms with Gasteiger partial charge in [0.25, 0.3) is 5.91 Å². The van der Waals surface area contributed by atoms with Crippen molar-refractivity contribution in [3.63, 3.8) is 0 Å². The molecule has 2 N–H and O–H groups in total. The lowest BCUT2D eigenvalue weighted by Crippen LogP contribution is -2.52. The summed E-state index contributed by atoms with van der Waals surface area (Å²) in [4.78, 5) is 43.0. The van der Waals surface area contributed by atoms with Gasteiger partial charge in [-0.05, 0) is 49.4 Å². The van der Waals surface area contributed by atoms with Crippen LogP contribution in [0.5, 0.6) is 5.75 Å². The maximum atomic E-state index is 12.7. The van der Waals surface area contributed by atoms with Gasteiger partial charge in [0.05, 0.1) is 18.7 Å². The number of nitrogens with one attached hydrogen (secondary N) is 1. The van der Waals surface area contributed by atoms with Gasteiger partial charge in [-0.25, -0.2) is 0 Å². The first-order valence-corrected chi connectivity index (χ1v) is 10.4. The summed E-state index contributed by atoms with van der Waals surface area (Å²) in [5.41, 5.74) is 0.638. The van der Waals surface area contributed by atoms with Crippen LogP contribution in [0.3, 0.4) is 0 Å². The molecule has 2 aromatic rings. The zero-order chi connectivity index (χ0) is 21.8. The molecule has 3 heterocycles. The fraction of sp³-hybridized carbons (Fsp3) is 0.409. The summed E-state index contributed by atoms with van der Waals surface area (Å²) >= 11 is 0. The number of rotatable bonds is 5. The number of likely N-dealkylation sites (tertiary alicyclic amines) is 1. The number of carbonyl (C=O) groups is 3. The second kappa shape index (κ2) is 9.22. The molecule has 0 saturated carbocycles. The minimum Gasteiger partial charge on any atom is -0.508 e. The van der Waals surface area contributed by atoms with E-state index in [1.54, 1.807) is 34.1 Å². The Morgan fingerprint density at radius 1 is 1.00 bits per heavy atom. The maximum Gasteiger partial charge on any atom is 0.289 e. The van der Waals surface area contributed by atoms with Crippen molar-refractivity contribution in [3.05, 3.63) is 48.4 Å². The Morgan fingerprint density at radius 3 is 2.39 bits per heavy atom. The van der Waals surface area contributed by atoms with Crippen LogP contribution in [-0.2, 0) is 9.59 Å². The van der Waals surface area contributed by atoms with Gasteiger partial charge in [0.15, 0.2) is 5.76 Å². The Bertz CT molecular complexity index is 920. The molecule has 1 aromatic heterocycles. The highest BCUT2D eigenvalue weighted by molar-refractivity contribution is 5.93. The van der Waals surface area contributed by atoms with Gasteiger partial charge in [-0.1, -0.05) is 0 Å². The molecule has 4 rings (SSSR count). The van der Waals surface area contributed by atoms with Crippen LogP contribution < -0.4 is 5.32 Å². The van der Waals surface area contributed by atoms with Crippen molar-refractivity contribution in [2.24, 2.45) is 5.92 Å². The number of piperazine rings is 1. The number of anilines is 1. The third-order valence-corrected chi connectivity index (χ3v) is 5.79. The summed E-state index contributed by atoms with van der Waals surface area (Å²) in [6, 6.07) is 9.68. The van der Waals surface area contributed by atoms with Gasteiger partial charge >= 0.3 is 0 Å². The SMILES string of the molecule is O=C(Nc1ccc(O)cc1)C1CCN(CC(=O)N2CCN(C(=O)c3ccco3)CC2)C1. The average Bonchev–Trinajstić information content (AvgIpc) is 3.47. The molecule has 1 aromatic carbocycles. The number of phenols is 1. The monoisotopic (exact) mass is 426 g/mol. The molecule has 2 fully saturated rings. The van der Waals surface area contributed by atoms with Crippen LogP contribution in [-0.4, -0.2) is 83.3 Å². The zero-order valence-electron chi connectivity index (χ0n) is 17.2. The van der Waals surface area contributed by atoms with Gasteiger partial charge in [-0.15, -0.1) is 0 Å². The molecular weight excluding hydrogens is 400 g/mol. The van der Waals surface area contributed by atoms with Crippen molar-refractivity contribution in [1.82, 2.24) is 14.7 Å². The average molecular weight is 426 g/mol. The van der Waals surface area contributed by atoms with Crippen molar-refractivity contribution in [2.75, 3.05) is 51.1 Å². The Hall–Kier alpha value is -3.33. The van der Waals surface area contributed by atoms with Crippen LogP contribution in [0.2, 0.25) is 0 Å².